The average Bonchev–Trinajstić information content (AvgIpc) is 2.35. The smallest absolute Gasteiger partial charge is 0.328 e. The molecule has 1 aromatic heterocycles. The minimum Gasteiger partial charge on any atom is -0.448 e. The first kappa shape index (κ1) is 12.3. The van der Waals surface area contributed by atoms with Gasteiger partial charge in [0.1, 0.15) is 5.56 Å². The van der Waals surface area contributed by atoms with Crippen molar-refractivity contribution in [1.82, 2.24) is 9.97 Å². The van der Waals surface area contributed by atoms with Gasteiger partial charge in [-0.05, 0) is 43.4 Å². The normalized spacial score (nSPS) is 27.3. The van der Waals surface area contributed by atoms with Crippen molar-refractivity contribution in [2.75, 3.05) is 0 Å². The molecule has 1 unspecified atom stereocenters. The minimum atomic E-state index is -1.06. The predicted octanol–water partition coefficient (Wildman–Crippen LogP) is 1.90. The molecule has 0 amide bonds. The van der Waals surface area contributed by atoms with Crippen molar-refractivity contribution in [1.29, 1.82) is 0 Å². The minimum absolute atomic E-state index is 0.133. The molecule has 0 spiro atoms. The highest BCUT2D eigenvalue weighted by Crippen LogP contribution is 2.47. The number of H-pyrrole nitrogens is 2. The molecule has 6 heteroatoms. The molecule has 2 N–H and O–H groups in total. The molecule has 1 fully saturated rings. The van der Waals surface area contributed by atoms with Crippen LogP contribution in [0.5, 0.6) is 5.88 Å². The quantitative estimate of drug-likeness (QED) is 0.563. The lowest BCUT2D eigenvalue weighted by Gasteiger charge is -2.39. The monoisotopic (exact) mass is 280 g/mol. The van der Waals surface area contributed by atoms with Crippen molar-refractivity contribution in [3.63, 3.8) is 0 Å². The number of aromatic nitrogens is 2. The molecule has 1 aliphatic carbocycles. The van der Waals surface area contributed by atoms with E-state index < -0.39 is 16.3 Å². The predicted molar refractivity (Wildman–Crippen MR) is 72.5 cm³/mol. The number of nitrogens with one attached hydrogen (secondary N) is 2. The maximum atomic E-state index is 11.8. The molecule has 0 saturated heterocycles. The maximum Gasteiger partial charge on any atom is 0.328 e. The fourth-order valence-corrected chi connectivity index (χ4v) is 3.05. The summed E-state index contributed by atoms with van der Waals surface area (Å²) in [4.78, 5) is 27.7. The SMILES string of the molecule is C/C=C1\CCCC2=Cc3c([nH]c(=O)[nH]c3=O)OC21Cl. The number of allylic oxidation sites excluding steroid dienone is 1. The van der Waals surface area contributed by atoms with Crippen LogP contribution in [0.25, 0.3) is 6.08 Å². The van der Waals surface area contributed by atoms with Crippen LogP contribution in [0, 0.1) is 0 Å². The van der Waals surface area contributed by atoms with E-state index in [1.54, 1.807) is 6.08 Å². The third-order valence-corrected chi connectivity index (χ3v) is 4.13. The molecular weight excluding hydrogens is 268 g/mol. The highest BCUT2D eigenvalue weighted by atomic mass is 35.5. The van der Waals surface area contributed by atoms with Gasteiger partial charge >= 0.3 is 5.69 Å². The van der Waals surface area contributed by atoms with E-state index in [-0.39, 0.29) is 5.88 Å². The molecule has 1 aromatic rings. The molecule has 3 rings (SSSR count). The van der Waals surface area contributed by atoms with Gasteiger partial charge in [-0.2, -0.15) is 0 Å². The number of fused-ring (bicyclic) bond motifs is 2. The number of alkyl halides is 1. The van der Waals surface area contributed by atoms with Crippen LogP contribution in [0.1, 0.15) is 31.7 Å². The van der Waals surface area contributed by atoms with Crippen LogP contribution < -0.4 is 16.0 Å². The molecule has 1 atom stereocenters. The summed E-state index contributed by atoms with van der Waals surface area (Å²) < 4.78 is 5.74. The van der Waals surface area contributed by atoms with Crippen LogP contribution in [-0.4, -0.2) is 15.0 Å². The third-order valence-electron chi connectivity index (χ3n) is 3.57. The molecule has 0 aromatic carbocycles. The molecule has 2 heterocycles. The fraction of sp³-hybridized carbons (Fsp3) is 0.385. The van der Waals surface area contributed by atoms with Gasteiger partial charge in [-0.25, -0.2) is 4.79 Å². The van der Waals surface area contributed by atoms with Gasteiger partial charge in [-0.15, -0.1) is 0 Å². The zero-order chi connectivity index (χ0) is 13.6. The zero-order valence-corrected chi connectivity index (χ0v) is 11.1. The molecule has 19 heavy (non-hydrogen) atoms. The van der Waals surface area contributed by atoms with Gasteiger partial charge < -0.3 is 4.74 Å². The van der Waals surface area contributed by atoms with Crippen molar-refractivity contribution in [3.05, 3.63) is 43.6 Å². The van der Waals surface area contributed by atoms with Gasteiger partial charge in [-0.1, -0.05) is 17.7 Å². The van der Waals surface area contributed by atoms with E-state index in [0.717, 1.165) is 30.4 Å². The van der Waals surface area contributed by atoms with Crippen LogP contribution in [0.2, 0.25) is 0 Å². The van der Waals surface area contributed by atoms with Crippen LogP contribution in [0.4, 0.5) is 0 Å². The van der Waals surface area contributed by atoms with E-state index in [0.29, 0.717) is 5.56 Å². The Balaban J connectivity index is 2.24. The van der Waals surface area contributed by atoms with Crippen LogP contribution >= 0.6 is 11.6 Å². The van der Waals surface area contributed by atoms with Crippen molar-refractivity contribution < 1.29 is 4.74 Å². The zero-order valence-electron chi connectivity index (χ0n) is 10.4. The van der Waals surface area contributed by atoms with Gasteiger partial charge in [0.25, 0.3) is 5.56 Å². The summed E-state index contributed by atoms with van der Waals surface area (Å²) in [6, 6.07) is 0. The molecule has 1 saturated carbocycles. The summed E-state index contributed by atoms with van der Waals surface area (Å²) in [7, 11) is 0. The Morgan fingerprint density at radius 2 is 2.16 bits per heavy atom. The van der Waals surface area contributed by atoms with E-state index in [2.05, 4.69) is 9.97 Å². The third kappa shape index (κ3) is 1.76. The van der Waals surface area contributed by atoms with Crippen LogP contribution in [-0.2, 0) is 0 Å². The van der Waals surface area contributed by atoms with Crippen molar-refractivity contribution in [3.8, 4) is 5.88 Å². The van der Waals surface area contributed by atoms with Crippen molar-refractivity contribution >= 4 is 17.7 Å². The summed E-state index contributed by atoms with van der Waals surface area (Å²) in [5.41, 5.74) is 1.08. The van der Waals surface area contributed by atoms with E-state index in [4.69, 9.17) is 16.3 Å². The Bertz CT molecular complexity index is 713. The number of hydrogen-bond donors (Lipinski definition) is 2. The lowest BCUT2D eigenvalue weighted by Crippen LogP contribution is -2.41. The molecular formula is C13H13ClN2O3. The van der Waals surface area contributed by atoms with Crippen LogP contribution in [0.15, 0.2) is 26.8 Å². The highest BCUT2D eigenvalue weighted by molar-refractivity contribution is 6.27. The Morgan fingerprint density at radius 1 is 1.37 bits per heavy atom. The van der Waals surface area contributed by atoms with E-state index in [1.165, 1.54) is 0 Å². The summed E-state index contributed by atoms with van der Waals surface area (Å²) in [6.45, 7) is 1.90. The first-order valence-electron chi connectivity index (χ1n) is 6.16. The molecule has 100 valence electrons. The summed E-state index contributed by atoms with van der Waals surface area (Å²) in [5, 5.41) is -1.06. The Morgan fingerprint density at radius 3 is 2.89 bits per heavy atom. The summed E-state index contributed by atoms with van der Waals surface area (Å²) in [6.07, 6.45) is 6.25. The Kier molecular flexibility index (Phi) is 2.67. The maximum absolute atomic E-state index is 11.8. The van der Waals surface area contributed by atoms with E-state index in [1.807, 2.05) is 13.0 Å². The number of aromatic amines is 2. The number of ether oxygens (including phenoxy) is 1. The van der Waals surface area contributed by atoms with Gasteiger partial charge in [0.15, 0.2) is 0 Å². The van der Waals surface area contributed by atoms with Gasteiger partial charge in [-0.3, -0.25) is 14.8 Å². The van der Waals surface area contributed by atoms with E-state index >= 15 is 0 Å². The topological polar surface area (TPSA) is 75.0 Å². The Labute approximate surface area is 114 Å². The molecule has 0 radical (unpaired) electrons. The number of rotatable bonds is 0. The number of hydrogen-bond acceptors (Lipinski definition) is 3. The van der Waals surface area contributed by atoms with Crippen LogP contribution in [0.3, 0.4) is 0 Å². The molecule has 0 bridgehead atoms. The summed E-state index contributed by atoms with van der Waals surface area (Å²) >= 11 is 6.58. The van der Waals surface area contributed by atoms with Gasteiger partial charge in [0, 0.05) is 0 Å². The first-order chi connectivity index (χ1) is 9.04. The highest BCUT2D eigenvalue weighted by Gasteiger charge is 2.44. The number of halogens is 1. The summed E-state index contributed by atoms with van der Waals surface area (Å²) in [5.74, 6) is 0.133. The molecule has 5 nitrogen and oxygen atoms in total. The van der Waals surface area contributed by atoms with E-state index in [9.17, 15) is 9.59 Å². The van der Waals surface area contributed by atoms with Gasteiger partial charge in [0.2, 0.25) is 10.9 Å². The second-order valence-electron chi connectivity index (χ2n) is 4.69. The molecule has 2 aliphatic rings. The lowest BCUT2D eigenvalue weighted by atomic mass is 9.84. The second-order valence-corrected chi connectivity index (χ2v) is 5.22. The van der Waals surface area contributed by atoms with Crippen molar-refractivity contribution in [2.24, 2.45) is 0 Å². The van der Waals surface area contributed by atoms with Crippen molar-refractivity contribution in [2.45, 2.75) is 31.2 Å². The second kappa shape index (κ2) is 4.13. The first-order valence-corrected chi connectivity index (χ1v) is 6.53. The fourth-order valence-electron chi connectivity index (χ4n) is 2.62. The largest absolute Gasteiger partial charge is 0.448 e. The standard InChI is InChI=1S/C13H13ClN2O3/c1-2-7-4-3-5-8-6-9-10(17)15-12(18)16-11(9)19-13(7,8)14/h2,6H,3-5H2,1H3,(H2,15,16,17,18)/b7-2+. The van der Waals surface area contributed by atoms with Gasteiger partial charge in [0.05, 0.1) is 0 Å². The Hall–Kier alpha value is -1.75. The average molecular weight is 281 g/mol. The molecule has 1 aliphatic heterocycles. The lowest BCUT2D eigenvalue weighted by molar-refractivity contribution is 0.197.